The second-order valence-corrected chi connectivity index (χ2v) is 12.6. The van der Waals surface area contributed by atoms with E-state index >= 15 is 0 Å². The Morgan fingerprint density at radius 2 is 1.63 bits per heavy atom. The van der Waals surface area contributed by atoms with Crippen LogP contribution in [-0.2, 0) is 28.8 Å². The van der Waals surface area contributed by atoms with E-state index in [0.717, 1.165) is 12.8 Å². The fraction of sp³-hybridized carbons (Fsp3) is 0.559. The van der Waals surface area contributed by atoms with Gasteiger partial charge in [-0.3, -0.25) is 24.0 Å². The van der Waals surface area contributed by atoms with Crippen LogP contribution in [0.25, 0.3) is 5.69 Å². The lowest BCUT2D eigenvalue weighted by Crippen LogP contribution is -2.55. The van der Waals surface area contributed by atoms with Gasteiger partial charge in [0.2, 0.25) is 17.7 Å². The fourth-order valence-corrected chi connectivity index (χ4v) is 6.44. The SMILES string of the molecule is CCOC(=O)ON1CCN(C(=O)[C@H](CCC(=O)O)NC(=O)c2cc(O[C@H](C)C(=O)N3CCC[C@H]3C(=O)N3CCCC3)n(-c3ccccc3)n2)CC1. The Labute approximate surface area is 295 Å². The Kier molecular flexibility index (Phi) is 12.5. The molecule has 5 rings (SSSR count). The maximum absolute atomic E-state index is 13.7. The predicted octanol–water partition coefficient (Wildman–Crippen LogP) is 1.45. The van der Waals surface area contributed by atoms with Gasteiger partial charge >= 0.3 is 12.1 Å². The van der Waals surface area contributed by atoms with E-state index in [1.165, 1.54) is 20.7 Å². The number of amides is 4. The van der Waals surface area contributed by atoms with Crippen molar-refractivity contribution in [1.29, 1.82) is 0 Å². The number of para-hydroxylation sites is 1. The standard InChI is InChI=1S/C34H45N7O10/c1-3-49-34(48)51-39-20-18-38(19-21-39)32(46)25(13-14-29(42)43)35-30(44)26-22-28(41(36-26)24-10-5-4-6-11-24)50-23(2)31(45)40-17-9-12-27(40)33(47)37-15-7-8-16-37/h4-6,10-11,22-23,25,27H,3,7-9,12-21H2,1-2H3,(H,35,44)(H,42,43)/t23-,25+,27+/m1/s1. The molecule has 3 atom stereocenters. The second-order valence-electron chi connectivity index (χ2n) is 12.6. The third kappa shape index (κ3) is 9.33. The molecule has 3 aliphatic heterocycles. The molecule has 17 heteroatoms. The molecule has 51 heavy (non-hydrogen) atoms. The van der Waals surface area contributed by atoms with Gasteiger partial charge in [0.25, 0.3) is 11.8 Å². The van der Waals surface area contributed by atoms with Crippen LogP contribution in [0.4, 0.5) is 4.79 Å². The summed E-state index contributed by atoms with van der Waals surface area (Å²) in [6, 6.07) is 8.44. The molecular formula is C34H45N7O10. The highest BCUT2D eigenvalue weighted by atomic mass is 16.8. The average molecular weight is 712 g/mol. The minimum Gasteiger partial charge on any atom is -0.481 e. The zero-order valence-corrected chi connectivity index (χ0v) is 28.9. The fourth-order valence-electron chi connectivity index (χ4n) is 6.44. The molecule has 1 aromatic heterocycles. The van der Waals surface area contributed by atoms with Crippen LogP contribution >= 0.6 is 0 Å². The van der Waals surface area contributed by atoms with Crippen molar-refractivity contribution in [2.75, 3.05) is 52.4 Å². The number of hydroxylamine groups is 2. The van der Waals surface area contributed by atoms with Crippen molar-refractivity contribution < 1.29 is 48.2 Å². The lowest BCUT2D eigenvalue weighted by molar-refractivity contribution is -0.157. The maximum atomic E-state index is 13.7. The predicted molar refractivity (Wildman–Crippen MR) is 179 cm³/mol. The third-order valence-electron chi connectivity index (χ3n) is 9.06. The average Bonchev–Trinajstić information content (AvgIpc) is 3.92. The van der Waals surface area contributed by atoms with Gasteiger partial charge in [0.1, 0.15) is 12.1 Å². The van der Waals surface area contributed by atoms with Gasteiger partial charge < -0.3 is 39.4 Å². The Hall–Kier alpha value is -5.19. The molecule has 3 saturated heterocycles. The minimum atomic E-state index is -1.20. The zero-order chi connectivity index (χ0) is 36.5. The first-order valence-electron chi connectivity index (χ1n) is 17.4. The number of carbonyl (C=O) groups excluding carboxylic acids is 5. The third-order valence-corrected chi connectivity index (χ3v) is 9.06. The summed E-state index contributed by atoms with van der Waals surface area (Å²) in [5, 5.41) is 17.8. The molecule has 276 valence electrons. The number of likely N-dealkylation sites (tertiary alicyclic amines) is 2. The second kappa shape index (κ2) is 17.2. The Bertz CT molecular complexity index is 1570. The molecule has 1 aromatic carbocycles. The molecule has 0 bridgehead atoms. The largest absolute Gasteiger partial charge is 0.527 e. The van der Waals surface area contributed by atoms with Crippen molar-refractivity contribution in [3.8, 4) is 11.6 Å². The van der Waals surface area contributed by atoms with Crippen LogP contribution in [0.2, 0.25) is 0 Å². The summed E-state index contributed by atoms with van der Waals surface area (Å²) in [5.41, 5.74) is 0.411. The van der Waals surface area contributed by atoms with E-state index in [4.69, 9.17) is 14.3 Å². The van der Waals surface area contributed by atoms with Crippen molar-refractivity contribution in [2.45, 2.75) is 70.6 Å². The van der Waals surface area contributed by atoms with E-state index in [9.17, 15) is 33.9 Å². The van der Waals surface area contributed by atoms with Crippen LogP contribution in [-0.4, -0.2) is 141 Å². The molecule has 17 nitrogen and oxygen atoms in total. The van der Waals surface area contributed by atoms with Gasteiger partial charge in [-0.25, -0.2) is 9.48 Å². The summed E-state index contributed by atoms with van der Waals surface area (Å²) in [4.78, 5) is 87.1. The summed E-state index contributed by atoms with van der Waals surface area (Å²) in [6.07, 6.45) is 0.743. The van der Waals surface area contributed by atoms with E-state index in [1.807, 2.05) is 4.90 Å². The van der Waals surface area contributed by atoms with Crippen LogP contribution in [0.1, 0.15) is 62.9 Å². The molecule has 0 spiro atoms. The first-order chi connectivity index (χ1) is 24.5. The molecule has 0 unspecified atom stereocenters. The first kappa shape index (κ1) is 37.1. The Balaban J connectivity index is 1.30. The topological polar surface area (TPSA) is 193 Å². The van der Waals surface area contributed by atoms with Crippen molar-refractivity contribution in [1.82, 2.24) is 34.9 Å². The summed E-state index contributed by atoms with van der Waals surface area (Å²) >= 11 is 0. The molecule has 3 aliphatic rings. The van der Waals surface area contributed by atoms with Crippen LogP contribution in [0.5, 0.6) is 5.88 Å². The monoisotopic (exact) mass is 711 g/mol. The molecule has 4 amide bonds. The quantitative estimate of drug-likeness (QED) is 0.285. The van der Waals surface area contributed by atoms with Crippen LogP contribution in [0, 0.1) is 0 Å². The lowest BCUT2D eigenvalue weighted by atomic mass is 10.1. The van der Waals surface area contributed by atoms with Crippen molar-refractivity contribution >= 4 is 35.8 Å². The van der Waals surface area contributed by atoms with Gasteiger partial charge in [0, 0.05) is 45.2 Å². The number of aromatic nitrogens is 2. The van der Waals surface area contributed by atoms with Gasteiger partial charge in [-0.05, 0) is 58.1 Å². The molecule has 0 radical (unpaired) electrons. The highest BCUT2D eigenvalue weighted by molar-refractivity contribution is 5.96. The van der Waals surface area contributed by atoms with Crippen LogP contribution in [0.15, 0.2) is 36.4 Å². The van der Waals surface area contributed by atoms with Gasteiger partial charge in [-0.1, -0.05) is 18.2 Å². The lowest BCUT2D eigenvalue weighted by Gasteiger charge is -2.35. The van der Waals surface area contributed by atoms with E-state index in [-0.39, 0.29) is 69.0 Å². The van der Waals surface area contributed by atoms with Crippen molar-refractivity contribution in [2.24, 2.45) is 0 Å². The van der Waals surface area contributed by atoms with Gasteiger partial charge in [-0.2, -0.15) is 5.10 Å². The van der Waals surface area contributed by atoms with Crippen LogP contribution < -0.4 is 10.1 Å². The number of carboxylic acids is 1. The van der Waals surface area contributed by atoms with Crippen molar-refractivity contribution in [3.05, 3.63) is 42.1 Å². The number of piperazine rings is 1. The number of hydrogen-bond donors (Lipinski definition) is 2. The molecular weight excluding hydrogens is 666 g/mol. The number of rotatable bonds is 13. The number of carbonyl (C=O) groups is 6. The number of carboxylic acid groups (broad SMARTS) is 1. The Morgan fingerprint density at radius 3 is 2.29 bits per heavy atom. The summed E-state index contributed by atoms with van der Waals surface area (Å²) in [7, 11) is 0. The van der Waals surface area contributed by atoms with E-state index in [0.29, 0.717) is 38.2 Å². The number of hydrogen-bond acceptors (Lipinski definition) is 11. The van der Waals surface area contributed by atoms with E-state index in [1.54, 1.807) is 49.1 Å². The van der Waals surface area contributed by atoms with E-state index < -0.39 is 42.1 Å². The molecule has 0 saturated carbocycles. The minimum absolute atomic E-state index is 0.0438. The van der Waals surface area contributed by atoms with Gasteiger partial charge in [0.05, 0.1) is 25.4 Å². The summed E-state index contributed by atoms with van der Waals surface area (Å²) in [5.74, 6) is -2.71. The molecule has 2 aromatic rings. The molecule has 4 heterocycles. The number of nitrogens with one attached hydrogen (secondary N) is 1. The molecule has 0 aliphatic carbocycles. The van der Waals surface area contributed by atoms with E-state index in [2.05, 4.69) is 10.4 Å². The summed E-state index contributed by atoms with van der Waals surface area (Å²) < 4.78 is 12.3. The number of benzene rings is 1. The smallest absolute Gasteiger partial charge is 0.481 e. The molecule has 3 fully saturated rings. The Morgan fingerprint density at radius 1 is 0.922 bits per heavy atom. The number of aliphatic carboxylic acids is 1. The highest BCUT2D eigenvalue weighted by Gasteiger charge is 2.39. The number of ether oxygens (including phenoxy) is 2. The maximum Gasteiger partial charge on any atom is 0.527 e. The normalized spacial score (nSPS) is 18.9. The zero-order valence-electron chi connectivity index (χ0n) is 28.9. The summed E-state index contributed by atoms with van der Waals surface area (Å²) in [6.45, 7) is 5.89. The van der Waals surface area contributed by atoms with Crippen LogP contribution in [0.3, 0.4) is 0 Å². The van der Waals surface area contributed by atoms with Gasteiger partial charge in [0.15, 0.2) is 11.8 Å². The molecule has 2 N–H and O–H groups in total. The first-order valence-corrected chi connectivity index (χ1v) is 17.4. The van der Waals surface area contributed by atoms with Gasteiger partial charge in [-0.15, -0.1) is 5.06 Å². The van der Waals surface area contributed by atoms with Crippen molar-refractivity contribution in [3.63, 3.8) is 0 Å². The number of nitrogens with zero attached hydrogens (tertiary/aromatic N) is 6. The highest BCUT2D eigenvalue weighted by Crippen LogP contribution is 2.26.